The van der Waals surface area contributed by atoms with Gasteiger partial charge in [-0.25, -0.2) is 0 Å². The van der Waals surface area contributed by atoms with Gasteiger partial charge in [0.15, 0.2) is 0 Å². The molecule has 0 saturated carbocycles. The molecule has 0 N–H and O–H groups in total. The van der Waals surface area contributed by atoms with E-state index in [0.717, 1.165) is 15.4 Å². The maximum absolute atomic E-state index is 5.89. The Kier molecular flexibility index (Phi) is 2.89. The first-order chi connectivity index (χ1) is 6.59. The maximum atomic E-state index is 5.89. The smallest absolute Gasteiger partial charge is 0.0737 e. The first-order valence-corrected chi connectivity index (χ1v) is 5.61. The molecule has 0 aliphatic rings. The molecule has 0 bridgehead atoms. The Balaban J connectivity index is 2.89. The number of hydrogen-bond donors (Lipinski definition) is 0. The second-order valence-corrected chi connectivity index (χ2v) is 4.72. The van der Waals surface area contributed by atoms with E-state index in [4.69, 9.17) is 34.8 Å². The van der Waals surface area contributed by atoms with E-state index < -0.39 is 0 Å². The summed E-state index contributed by atoms with van der Waals surface area (Å²) < 4.78 is 0.780. The van der Waals surface area contributed by atoms with Crippen LogP contribution in [0.2, 0.25) is 15.1 Å². The number of benzene rings is 1. The first-order valence-electron chi connectivity index (χ1n) is 3.68. The van der Waals surface area contributed by atoms with Crippen LogP contribution in [0.5, 0.6) is 0 Å². The number of hydrogen-bond acceptors (Lipinski definition) is 1. The van der Waals surface area contributed by atoms with Crippen LogP contribution in [0.3, 0.4) is 0 Å². The van der Waals surface area contributed by atoms with Crippen molar-refractivity contribution in [2.24, 2.45) is 0 Å². The van der Waals surface area contributed by atoms with E-state index in [9.17, 15) is 0 Å². The third-order valence-corrected chi connectivity index (χ3v) is 3.89. The van der Waals surface area contributed by atoms with E-state index in [0.29, 0.717) is 15.1 Å². The highest BCUT2D eigenvalue weighted by atomic mass is 79.9. The molecule has 1 aromatic heterocycles. The Labute approximate surface area is 104 Å². The van der Waals surface area contributed by atoms with Crippen LogP contribution in [0.25, 0.3) is 10.9 Å². The Morgan fingerprint density at radius 2 is 1.64 bits per heavy atom. The van der Waals surface area contributed by atoms with Crippen molar-refractivity contribution in [1.82, 2.24) is 4.98 Å². The molecule has 0 aliphatic carbocycles. The van der Waals surface area contributed by atoms with Gasteiger partial charge in [-0.15, -0.1) is 0 Å². The van der Waals surface area contributed by atoms with Crippen LogP contribution >= 0.6 is 50.7 Å². The number of fused-ring (bicyclic) bond motifs is 1. The van der Waals surface area contributed by atoms with Gasteiger partial charge in [-0.05, 0) is 28.1 Å². The molecule has 1 heterocycles. The summed E-state index contributed by atoms with van der Waals surface area (Å²) in [6.07, 6.45) is 1.57. The third kappa shape index (κ3) is 1.72. The van der Waals surface area contributed by atoms with E-state index in [2.05, 4.69) is 20.9 Å². The van der Waals surface area contributed by atoms with Gasteiger partial charge >= 0.3 is 0 Å². The largest absolute Gasteiger partial charge is 0.255 e. The zero-order valence-electron chi connectivity index (χ0n) is 6.69. The van der Waals surface area contributed by atoms with Gasteiger partial charge in [0, 0.05) is 16.1 Å². The average Bonchev–Trinajstić information content (AvgIpc) is 2.15. The molecular formula is C9H3BrCl3N. The van der Waals surface area contributed by atoms with Gasteiger partial charge in [-0.3, -0.25) is 4.98 Å². The molecule has 2 rings (SSSR count). The minimum Gasteiger partial charge on any atom is -0.255 e. The van der Waals surface area contributed by atoms with Gasteiger partial charge in [0.1, 0.15) is 0 Å². The Morgan fingerprint density at radius 3 is 2.36 bits per heavy atom. The number of rotatable bonds is 0. The van der Waals surface area contributed by atoms with Gasteiger partial charge in [0.2, 0.25) is 0 Å². The highest BCUT2D eigenvalue weighted by Gasteiger charge is 2.07. The highest BCUT2D eigenvalue weighted by molar-refractivity contribution is 9.10. The minimum atomic E-state index is 0.487. The zero-order chi connectivity index (χ0) is 10.3. The summed E-state index contributed by atoms with van der Waals surface area (Å²) in [5, 5.41) is 2.38. The van der Waals surface area contributed by atoms with Gasteiger partial charge in [0.25, 0.3) is 0 Å². The summed E-state index contributed by atoms with van der Waals surface area (Å²) in [7, 11) is 0. The van der Waals surface area contributed by atoms with Crippen molar-refractivity contribution in [2.75, 3.05) is 0 Å². The van der Waals surface area contributed by atoms with Gasteiger partial charge in [-0.2, -0.15) is 0 Å². The summed E-state index contributed by atoms with van der Waals surface area (Å²) in [6.45, 7) is 0. The molecule has 1 aromatic carbocycles. The monoisotopic (exact) mass is 309 g/mol. The number of nitrogens with zero attached hydrogens (tertiary/aromatic N) is 1. The second-order valence-electron chi connectivity index (χ2n) is 2.70. The van der Waals surface area contributed by atoms with Gasteiger partial charge in [0.05, 0.1) is 20.6 Å². The molecule has 14 heavy (non-hydrogen) atoms. The van der Waals surface area contributed by atoms with Crippen LogP contribution in [0, 0.1) is 0 Å². The van der Waals surface area contributed by atoms with Crippen LogP contribution in [0.15, 0.2) is 22.8 Å². The van der Waals surface area contributed by atoms with E-state index >= 15 is 0 Å². The Morgan fingerprint density at radius 1 is 1.00 bits per heavy atom. The first kappa shape index (κ1) is 10.5. The Hall–Kier alpha value is -0.0200. The number of pyridine rings is 1. The fourth-order valence-corrected chi connectivity index (χ4v) is 2.02. The van der Waals surface area contributed by atoms with Crippen LogP contribution in [-0.4, -0.2) is 4.98 Å². The molecule has 0 atom stereocenters. The summed E-state index contributed by atoms with van der Waals surface area (Å²) in [6, 6.07) is 3.45. The van der Waals surface area contributed by atoms with Crippen molar-refractivity contribution in [3.05, 3.63) is 37.9 Å². The van der Waals surface area contributed by atoms with Crippen LogP contribution < -0.4 is 0 Å². The Bertz CT molecular complexity index is 513. The van der Waals surface area contributed by atoms with Crippen molar-refractivity contribution in [1.29, 1.82) is 0 Å². The van der Waals surface area contributed by atoms with E-state index in [-0.39, 0.29) is 0 Å². The van der Waals surface area contributed by atoms with E-state index in [1.165, 1.54) is 0 Å². The highest BCUT2D eigenvalue weighted by Crippen LogP contribution is 2.34. The lowest BCUT2D eigenvalue weighted by molar-refractivity contribution is 1.40. The van der Waals surface area contributed by atoms with Crippen LogP contribution in [0.1, 0.15) is 0 Å². The molecule has 0 aliphatic heterocycles. The summed E-state index contributed by atoms with van der Waals surface area (Å²) in [5.41, 5.74) is 0.760. The van der Waals surface area contributed by atoms with Crippen LogP contribution in [0.4, 0.5) is 0 Å². The summed E-state index contributed by atoms with van der Waals surface area (Å²) in [4.78, 5) is 4.14. The quantitative estimate of drug-likeness (QED) is 0.670. The topological polar surface area (TPSA) is 12.9 Å². The van der Waals surface area contributed by atoms with E-state index in [1.807, 2.05) is 0 Å². The molecule has 0 radical (unpaired) electrons. The SMILES string of the molecule is Clc1cc2ncc(Cl)c(Br)c2cc1Cl. The fraction of sp³-hybridized carbons (Fsp3) is 0. The zero-order valence-corrected chi connectivity index (χ0v) is 10.5. The normalized spacial score (nSPS) is 10.9. The van der Waals surface area contributed by atoms with Crippen LogP contribution in [-0.2, 0) is 0 Å². The van der Waals surface area contributed by atoms with Crippen molar-refractivity contribution >= 4 is 61.6 Å². The molecule has 0 fully saturated rings. The van der Waals surface area contributed by atoms with Gasteiger partial charge in [-0.1, -0.05) is 34.8 Å². The van der Waals surface area contributed by atoms with Crippen molar-refractivity contribution in [3.63, 3.8) is 0 Å². The molecule has 0 spiro atoms. The molecule has 2 aromatic rings. The van der Waals surface area contributed by atoms with Gasteiger partial charge < -0.3 is 0 Å². The van der Waals surface area contributed by atoms with Crippen molar-refractivity contribution in [2.45, 2.75) is 0 Å². The predicted octanol–water partition coefficient (Wildman–Crippen LogP) is 4.96. The van der Waals surface area contributed by atoms with E-state index in [1.54, 1.807) is 18.3 Å². The molecule has 5 heteroatoms. The lowest BCUT2D eigenvalue weighted by Crippen LogP contribution is -1.82. The molecule has 72 valence electrons. The lowest BCUT2D eigenvalue weighted by atomic mass is 10.2. The summed E-state index contributed by atoms with van der Waals surface area (Å²) in [5.74, 6) is 0. The second kappa shape index (κ2) is 3.86. The summed E-state index contributed by atoms with van der Waals surface area (Å²) >= 11 is 21.0. The molecule has 0 saturated heterocycles. The van der Waals surface area contributed by atoms with Crippen molar-refractivity contribution < 1.29 is 0 Å². The molecule has 0 amide bonds. The number of aromatic nitrogens is 1. The fourth-order valence-electron chi connectivity index (χ4n) is 1.13. The third-order valence-electron chi connectivity index (χ3n) is 1.80. The standard InChI is InChI=1S/C9H3BrCl3N/c10-9-4-1-5(11)6(12)2-8(4)14-3-7(9)13/h1-3H. The lowest BCUT2D eigenvalue weighted by Gasteiger charge is -2.03. The average molecular weight is 311 g/mol. The van der Waals surface area contributed by atoms with Crippen molar-refractivity contribution in [3.8, 4) is 0 Å². The predicted molar refractivity (Wildman–Crippen MR) is 64.5 cm³/mol. The molecule has 1 nitrogen and oxygen atoms in total. The molecular weight excluding hydrogens is 308 g/mol. The maximum Gasteiger partial charge on any atom is 0.0737 e. The minimum absolute atomic E-state index is 0.487. The number of halogens is 4. The molecule has 0 unspecified atom stereocenters.